The predicted octanol–water partition coefficient (Wildman–Crippen LogP) is 3.18. The van der Waals surface area contributed by atoms with Crippen molar-refractivity contribution in [3.63, 3.8) is 0 Å². The molecular weight excluding hydrogens is 306 g/mol. The summed E-state index contributed by atoms with van der Waals surface area (Å²) in [6.07, 6.45) is 1.34. The van der Waals surface area contributed by atoms with Crippen molar-refractivity contribution in [3.8, 4) is 5.88 Å². The van der Waals surface area contributed by atoms with Crippen LogP contribution in [-0.4, -0.2) is 27.1 Å². The Kier molecular flexibility index (Phi) is 4.20. The van der Waals surface area contributed by atoms with Crippen molar-refractivity contribution < 1.29 is 14.6 Å². The van der Waals surface area contributed by atoms with Gasteiger partial charge in [0.15, 0.2) is 0 Å². The van der Waals surface area contributed by atoms with Gasteiger partial charge in [-0.15, -0.1) is 0 Å². The van der Waals surface area contributed by atoms with Crippen molar-refractivity contribution in [1.29, 1.82) is 0 Å². The Labute approximate surface area is 140 Å². The normalized spacial score (nSPS) is 16.6. The van der Waals surface area contributed by atoms with E-state index in [-0.39, 0.29) is 11.7 Å². The number of hydrogen-bond donors (Lipinski definition) is 2. The molecule has 6 nitrogen and oxygen atoms in total. The van der Waals surface area contributed by atoms with Gasteiger partial charge in [0.1, 0.15) is 12.1 Å². The lowest BCUT2D eigenvalue weighted by molar-refractivity contribution is -0.132. The minimum absolute atomic E-state index is 0.0827. The highest BCUT2D eigenvalue weighted by atomic mass is 16.5. The lowest BCUT2D eigenvalue weighted by Crippen LogP contribution is -2.25. The zero-order valence-corrected chi connectivity index (χ0v) is 13.8. The molecule has 1 aliphatic heterocycles. The highest BCUT2D eigenvalue weighted by Crippen LogP contribution is 2.44. The molecule has 1 aliphatic rings. The molecule has 24 heavy (non-hydrogen) atoms. The summed E-state index contributed by atoms with van der Waals surface area (Å²) in [5, 5.41) is 12.8. The number of anilines is 1. The minimum atomic E-state index is -0.973. The second kappa shape index (κ2) is 6.31. The lowest BCUT2D eigenvalue weighted by Gasteiger charge is -2.29. The van der Waals surface area contributed by atoms with Gasteiger partial charge in [0, 0.05) is 5.70 Å². The summed E-state index contributed by atoms with van der Waals surface area (Å²) >= 11 is 0. The maximum atomic E-state index is 11.9. The van der Waals surface area contributed by atoms with Crippen LogP contribution in [0.5, 0.6) is 5.88 Å². The summed E-state index contributed by atoms with van der Waals surface area (Å²) in [6.45, 7) is 5.55. The van der Waals surface area contributed by atoms with E-state index in [9.17, 15) is 9.90 Å². The maximum Gasteiger partial charge on any atom is 0.334 e. The van der Waals surface area contributed by atoms with Crippen molar-refractivity contribution in [2.45, 2.75) is 32.8 Å². The van der Waals surface area contributed by atoms with E-state index in [0.717, 1.165) is 5.56 Å². The van der Waals surface area contributed by atoms with Gasteiger partial charge in [-0.3, -0.25) is 0 Å². The number of fused-ring (bicyclic) bond motifs is 1. The molecule has 0 bridgehead atoms. The second-order valence-electron chi connectivity index (χ2n) is 5.92. The molecule has 6 heteroatoms. The fraction of sp³-hybridized carbons (Fsp3) is 0.278. The van der Waals surface area contributed by atoms with Gasteiger partial charge >= 0.3 is 5.97 Å². The van der Waals surface area contributed by atoms with Crippen molar-refractivity contribution in [1.82, 2.24) is 9.97 Å². The average Bonchev–Trinajstić information content (AvgIpc) is 2.53. The number of carboxylic acid groups (broad SMARTS) is 1. The number of ether oxygens (including phenoxy) is 1. The fourth-order valence-corrected chi connectivity index (χ4v) is 2.92. The van der Waals surface area contributed by atoms with Crippen LogP contribution < -0.4 is 10.1 Å². The molecule has 0 aliphatic carbocycles. The molecular formula is C18H19N3O3. The van der Waals surface area contributed by atoms with E-state index < -0.39 is 11.9 Å². The Balaban J connectivity index is 2.25. The second-order valence-corrected chi connectivity index (χ2v) is 5.92. The van der Waals surface area contributed by atoms with Crippen LogP contribution in [0.15, 0.2) is 47.9 Å². The molecule has 3 rings (SSSR count). The highest BCUT2D eigenvalue weighted by Gasteiger charge is 2.36. The molecule has 2 aromatic rings. The van der Waals surface area contributed by atoms with Crippen LogP contribution in [0.3, 0.4) is 0 Å². The van der Waals surface area contributed by atoms with Gasteiger partial charge in [0.05, 0.1) is 23.2 Å². The van der Waals surface area contributed by atoms with E-state index in [1.807, 2.05) is 44.2 Å². The van der Waals surface area contributed by atoms with Crippen molar-refractivity contribution in [2.24, 2.45) is 0 Å². The molecule has 0 saturated heterocycles. The first-order chi connectivity index (χ1) is 11.5. The topological polar surface area (TPSA) is 84.3 Å². The molecule has 0 spiro atoms. The van der Waals surface area contributed by atoms with Crippen LogP contribution in [-0.2, 0) is 4.79 Å². The summed E-state index contributed by atoms with van der Waals surface area (Å²) in [6, 6.07) is 9.48. The number of hydrogen-bond acceptors (Lipinski definition) is 5. The molecule has 124 valence electrons. The van der Waals surface area contributed by atoms with E-state index in [4.69, 9.17) is 4.74 Å². The summed E-state index contributed by atoms with van der Waals surface area (Å²) in [7, 11) is 0. The van der Waals surface area contributed by atoms with Gasteiger partial charge in [-0.1, -0.05) is 30.3 Å². The Morgan fingerprint density at radius 3 is 2.58 bits per heavy atom. The zero-order chi connectivity index (χ0) is 17.3. The third-order valence-corrected chi connectivity index (χ3v) is 3.85. The molecule has 2 heterocycles. The number of nitrogens with one attached hydrogen (secondary N) is 1. The fourth-order valence-electron chi connectivity index (χ4n) is 2.92. The van der Waals surface area contributed by atoms with Gasteiger partial charge in [0.2, 0.25) is 5.88 Å². The number of aromatic nitrogens is 2. The van der Waals surface area contributed by atoms with Crippen molar-refractivity contribution in [3.05, 3.63) is 59.1 Å². The van der Waals surface area contributed by atoms with Gasteiger partial charge in [-0.2, -0.15) is 0 Å². The van der Waals surface area contributed by atoms with Crippen LogP contribution in [0.1, 0.15) is 37.8 Å². The third-order valence-electron chi connectivity index (χ3n) is 3.85. The van der Waals surface area contributed by atoms with Crippen molar-refractivity contribution in [2.75, 3.05) is 5.32 Å². The number of benzene rings is 1. The first-order valence-electron chi connectivity index (χ1n) is 7.76. The van der Waals surface area contributed by atoms with Gasteiger partial charge in [0.25, 0.3) is 0 Å². The lowest BCUT2D eigenvalue weighted by atomic mass is 9.82. The molecule has 2 N–H and O–H groups in total. The Bertz CT molecular complexity index is 800. The number of carbonyl (C=O) groups is 1. The number of carboxylic acids is 1. The molecule has 1 aromatic carbocycles. The molecule has 1 aromatic heterocycles. The first-order valence-corrected chi connectivity index (χ1v) is 7.76. The van der Waals surface area contributed by atoms with Crippen LogP contribution in [0, 0.1) is 0 Å². The Morgan fingerprint density at radius 1 is 1.25 bits per heavy atom. The zero-order valence-electron chi connectivity index (χ0n) is 13.8. The van der Waals surface area contributed by atoms with E-state index in [1.165, 1.54) is 6.33 Å². The smallest absolute Gasteiger partial charge is 0.334 e. The third kappa shape index (κ3) is 2.82. The molecule has 1 atom stereocenters. The Morgan fingerprint density at radius 2 is 1.96 bits per heavy atom. The molecule has 0 saturated carbocycles. The van der Waals surface area contributed by atoms with Crippen molar-refractivity contribution >= 4 is 11.8 Å². The first kappa shape index (κ1) is 16.0. The van der Waals surface area contributed by atoms with Crippen LogP contribution in [0.2, 0.25) is 0 Å². The molecule has 1 unspecified atom stereocenters. The maximum absolute atomic E-state index is 11.9. The standard InChI is InChI=1S/C18H19N3O3/c1-10(2)24-17-15-14(12-7-5-4-6-8-12)13(18(22)23)11(3)21-16(15)19-9-20-17/h4-10,14H,1-3H3,(H,22,23)(H,19,20,21). The highest BCUT2D eigenvalue weighted by molar-refractivity contribution is 5.93. The van der Waals surface area contributed by atoms with E-state index in [0.29, 0.717) is 23.0 Å². The summed E-state index contributed by atoms with van der Waals surface area (Å²) in [4.78, 5) is 20.4. The van der Waals surface area contributed by atoms with Crippen LogP contribution >= 0.6 is 0 Å². The monoisotopic (exact) mass is 325 g/mol. The van der Waals surface area contributed by atoms with E-state index in [1.54, 1.807) is 6.92 Å². The summed E-state index contributed by atoms with van der Waals surface area (Å²) in [5.41, 5.74) is 2.36. The average molecular weight is 325 g/mol. The summed E-state index contributed by atoms with van der Waals surface area (Å²) < 4.78 is 5.82. The number of aliphatic carboxylic acids is 1. The number of rotatable bonds is 4. The van der Waals surface area contributed by atoms with Gasteiger partial charge < -0.3 is 15.2 Å². The molecule has 0 amide bonds. The largest absolute Gasteiger partial charge is 0.478 e. The number of nitrogens with zero attached hydrogens (tertiary/aromatic N) is 2. The SMILES string of the molecule is CC1=C(C(=O)O)C(c2ccccc2)c2c(ncnc2OC(C)C)N1. The van der Waals surface area contributed by atoms with E-state index >= 15 is 0 Å². The summed E-state index contributed by atoms with van der Waals surface area (Å²) in [5.74, 6) is -0.478. The van der Waals surface area contributed by atoms with Crippen LogP contribution in [0.4, 0.5) is 5.82 Å². The van der Waals surface area contributed by atoms with E-state index in [2.05, 4.69) is 15.3 Å². The molecule has 0 fully saturated rings. The number of allylic oxidation sites excluding steroid dienone is 1. The van der Waals surface area contributed by atoms with Gasteiger partial charge in [-0.25, -0.2) is 14.8 Å². The quantitative estimate of drug-likeness (QED) is 0.898. The Hall–Kier alpha value is -2.89. The molecule has 0 radical (unpaired) electrons. The van der Waals surface area contributed by atoms with Crippen LogP contribution in [0.25, 0.3) is 0 Å². The minimum Gasteiger partial charge on any atom is -0.478 e. The predicted molar refractivity (Wildman–Crippen MR) is 90.0 cm³/mol. The van der Waals surface area contributed by atoms with Gasteiger partial charge in [-0.05, 0) is 26.3 Å².